The van der Waals surface area contributed by atoms with Crippen molar-refractivity contribution < 1.29 is 0 Å². The molecule has 1 heterocycles. The lowest BCUT2D eigenvalue weighted by atomic mass is 9.99. The van der Waals surface area contributed by atoms with Crippen molar-refractivity contribution >= 4 is 0 Å². The van der Waals surface area contributed by atoms with E-state index in [-0.39, 0.29) is 0 Å². The van der Waals surface area contributed by atoms with Gasteiger partial charge in [-0.05, 0) is 56.6 Å². The molecule has 0 aromatic carbocycles. The van der Waals surface area contributed by atoms with Crippen LogP contribution < -0.4 is 5.32 Å². The number of aryl methyl sites for hydroxylation is 1. The fourth-order valence-electron chi connectivity index (χ4n) is 3.84. The number of aromatic nitrogens is 2. The molecule has 2 fully saturated rings. The molecule has 1 N–H and O–H groups in total. The number of hydrogen-bond donors (Lipinski definition) is 1. The van der Waals surface area contributed by atoms with E-state index in [0.29, 0.717) is 6.04 Å². The summed E-state index contributed by atoms with van der Waals surface area (Å²) in [5.41, 5.74) is 1.39. The molecule has 3 heteroatoms. The Morgan fingerprint density at radius 1 is 1.47 bits per heavy atom. The van der Waals surface area contributed by atoms with Crippen molar-refractivity contribution in [3.05, 3.63) is 18.0 Å². The Bertz CT molecular complexity index is 375. The summed E-state index contributed by atoms with van der Waals surface area (Å²) in [5, 5.41) is 7.89. The highest BCUT2D eigenvalue weighted by Crippen LogP contribution is 2.59. The van der Waals surface area contributed by atoms with Gasteiger partial charge in [-0.3, -0.25) is 4.68 Å². The summed E-state index contributed by atoms with van der Waals surface area (Å²) >= 11 is 0. The fourth-order valence-corrected chi connectivity index (χ4v) is 3.84. The highest BCUT2D eigenvalue weighted by molar-refractivity contribution is 5.12. The normalized spacial score (nSPS) is 32.5. The molecule has 0 amide bonds. The molecule has 3 nitrogen and oxygen atoms in total. The Morgan fingerprint density at radius 2 is 2.24 bits per heavy atom. The van der Waals surface area contributed by atoms with Gasteiger partial charge in [0.1, 0.15) is 0 Å². The van der Waals surface area contributed by atoms with Gasteiger partial charge in [-0.25, -0.2) is 0 Å². The SMILES string of the molecule is CCn1cc(CC(NC)C2C3CCCC32)cn1. The van der Waals surface area contributed by atoms with Gasteiger partial charge < -0.3 is 5.32 Å². The van der Waals surface area contributed by atoms with Crippen molar-refractivity contribution in [1.82, 2.24) is 15.1 Å². The topological polar surface area (TPSA) is 29.9 Å². The van der Waals surface area contributed by atoms with Gasteiger partial charge in [0.05, 0.1) is 6.20 Å². The molecule has 0 spiro atoms. The first kappa shape index (κ1) is 11.3. The van der Waals surface area contributed by atoms with Gasteiger partial charge in [0, 0.05) is 18.8 Å². The van der Waals surface area contributed by atoms with Crippen molar-refractivity contribution in [3.63, 3.8) is 0 Å². The van der Waals surface area contributed by atoms with Crippen LogP contribution >= 0.6 is 0 Å². The number of likely N-dealkylation sites (N-methyl/N-ethyl adjacent to an activating group) is 1. The lowest BCUT2D eigenvalue weighted by Crippen LogP contribution is -2.31. The predicted molar refractivity (Wildman–Crippen MR) is 68.8 cm³/mol. The first-order chi connectivity index (χ1) is 8.33. The largest absolute Gasteiger partial charge is 0.316 e. The minimum absolute atomic E-state index is 0.666. The first-order valence-corrected chi connectivity index (χ1v) is 7.02. The monoisotopic (exact) mass is 233 g/mol. The van der Waals surface area contributed by atoms with Gasteiger partial charge in [0.2, 0.25) is 0 Å². The highest BCUT2D eigenvalue weighted by Gasteiger charge is 2.55. The van der Waals surface area contributed by atoms with Crippen LogP contribution in [0.5, 0.6) is 0 Å². The number of fused-ring (bicyclic) bond motifs is 1. The van der Waals surface area contributed by atoms with Crippen molar-refractivity contribution in [3.8, 4) is 0 Å². The lowest BCUT2D eigenvalue weighted by Gasteiger charge is -2.17. The summed E-state index contributed by atoms with van der Waals surface area (Å²) in [6.07, 6.45) is 9.79. The summed E-state index contributed by atoms with van der Waals surface area (Å²) in [6, 6.07) is 0.666. The second kappa shape index (κ2) is 4.45. The number of rotatable bonds is 5. The summed E-state index contributed by atoms with van der Waals surface area (Å²) in [4.78, 5) is 0. The molecule has 2 saturated carbocycles. The predicted octanol–water partition coefficient (Wildman–Crippen LogP) is 2.08. The second-order valence-corrected chi connectivity index (χ2v) is 5.64. The van der Waals surface area contributed by atoms with E-state index in [1.807, 2.05) is 10.9 Å². The van der Waals surface area contributed by atoms with Crippen molar-refractivity contribution in [2.45, 2.75) is 45.2 Å². The Kier molecular flexibility index (Phi) is 2.95. The zero-order chi connectivity index (χ0) is 11.8. The molecule has 3 rings (SSSR count). The first-order valence-electron chi connectivity index (χ1n) is 7.02. The molecule has 17 heavy (non-hydrogen) atoms. The molecule has 0 saturated heterocycles. The maximum Gasteiger partial charge on any atom is 0.0522 e. The standard InChI is InChI=1S/C14H23N3/c1-3-17-9-10(8-16-17)7-13(15-2)14-11-5-4-6-12(11)14/h8-9,11-15H,3-7H2,1-2H3. The molecule has 0 radical (unpaired) electrons. The van der Waals surface area contributed by atoms with E-state index in [4.69, 9.17) is 0 Å². The smallest absolute Gasteiger partial charge is 0.0522 e. The summed E-state index contributed by atoms with van der Waals surface area (Å²) in [7, 11) is 2.11. The van der Waals surface area contributed by atoms with Gasteiger partial charge in [0.25, 0.3) is 0 Å². The zero-order valence-corrected chi connectivity index (χ0v) is 10.9. The van der Waals surface area contributed by atoms with Crippen LogP contribution in [-0.4, -0.2) is 22.9 Å². The molecule has 1 aromatic heterocycles. The average molecular weight is 233 g/mol. The summed E-state index contributed by atoms with van der Waals surface area (Å²) in [5.74, 6) is 3.01. The van der Waals surface area contributed by atoms with Gasteiger partial charge in [0.15, 0.2) is 0 Å². The van der Waals surface area contributed by atoms with Crippen LogP contribution in [0.2, 0.25) is 0 Å². The number of nitrogens with zero attached hydrogens (tertiary/aromatic N) is 2. The van der Waals surface area contributed by atoms with Crippen LogP contribution in [0.15, 0.2) is 12.4 Å². The van der Waals surface area contributed by atoms with Crippen molar-refractivity contribution in [1.29, 1.82) is 0 Å². The van der Waals surface area contributed by atoms with E-state index in [1.165, 1.54) is 24.8 Å². The summed E-state index contributed by atoms with van der Waals surface area (Å²) in [6.45, 7) is 3.11. The van der Waals surface area contributed by atoms with E-state index in [1.54, 1.807) is 0 Å². The Balaban J connectivity index is 1.62. The quantitative estimate of drug-likeness (QED) is 0.844. The molecule has 2 aliphatic carbocycles. The second-order valence-electron chi connectivity index (χ2n) is 5.64. The zero-order valence-electron chi connectivity index (χ0n) is 10.9. The molecule has 3 atom stereocenters. The van der Waals surface area contributed by atoms with Gasteiger partial charge >= 0.3 is 0 Å². The van der Waals surface area contributed by atoms with Crippen LogP contribution in [-0.2, 0) is 13.0 Å². The Hall–Kier alpha value is -0.830. The maximum absolute atomic E-state index is 4.36. The van der Waals surface area contributed by atoms with E-state index in [2.05, 4.69) is 30.6 Å². The fraction of sp³-hybridized carbons (Fsp3) is 0.786. The molecular formula is C14H23N3. The van der Waals surface area contributed by atoms with E-state index < -0.39 is 0 Å². The minimum Gasteiger partial charge on any atom is -0.316 e. The lowest BCUT2D eigenvalue weighted by molar-refractivity contribution is 0.428. The summed E-state index contributed by atoms with van der Waals surface area (Å²) < 4.78 is 2.02. The van der Waals surface area contributed by atoms with E-state index >= 15 is 0 Å². The van der Waals surface area contributed by atoms with Crippen LogP contribution in [0.3, 0.4) is 0 Å². The van der Waals surface area contributed by atoms with Crippen molar-refractivity contribution in [2.75, 3.05) is 7.05 Å². The molecule has 0 bridgehead atoms. The molecule has 2 aliphatic rings. The van der Waals surface area contributed by atoms with Gasteiger partial charge in [-0.1, -0.05) is 6.42 Å². The third-order valence-corrected chi connectivity index (χ3v) is 4.77. The third-order valence-electron chi connectivity index (χ3n) is 4.77. The van der Waals surface area contributed by atoms with Gasteiger partial charge in [-0.2, -0.15) is 5.10 Å². The third kappa shape index (κ3) is 2.01. The van der Waals surface area contributed by atoms with Crippen LogP contribution in [0, 0.1) is 17.8 Å². The maximum atomic E-state index is 4.36. The molecule has 0 aliphatic heterocycles. The molecular weight excluding hydrogens is 210 g/mol. The molecule has 1 aromatic rings. The van der Waals surface area contributed by atoms with Gasteiger partial charge in [-0.15, -0.1) is 0 Å². The highest BCUT2D eigenvalue weighted by atomic mass is 15.3. The minimum atomic E-state index is 0.666. The molecule has 94 valence electrons. The number of nitrogens with one attached hydrogen (secondary N) is 1. The average Bonchev–Trinajstić information content (AvgIpc) is 2.78. The van der Waals surface area contributed by atoms with Crippen molar-refractivity contribution in [2.24, 2.45) is 17.8 Å². The van der Waals surface area contributed by atoms with Crippen LogP contribution in [0.4, 0.5) is 0 Å². The van der Waals surface area contributed by atoms with E-state index in [9.17, 15) is 0 Å². The Labute approximate surface area is 104 Å². The van der Waals surface area contributed by atoms with Crippen LogP contribution in [0.25, 0.3) is 0 Å². The Morgan fingerprint density at radius 3 is 2.82 bits per heavy atom. The van der Waals surface area contributed by atoms with Crippen LogP contribution in [0.1, 0.15) is 31.7 Å². The number of hydrogen-bond acceptors (Lipinski definition) is 2. The molecule has 3 unspecified atom stereocenters. The van der Waals surface area contributed by atoms with E-state index in [0.717, 1.165) is 30.7 Å².